The van der Waals surface area contributed by atoms with Crippen molar-refractivity contribution in [3.8, 4) is 5.75 Å². The van der Waals surface area contributed by atoms with Crippen molar-refractivity contribution >= 4 is 24.2 Å². The lowest BCUT2D eigenvalue weighted by molar-refractivity contribution is 0.289. The van der Waals surface area contributed by atoms with Crippen molar-refractivity contribution in [2.45, 2.75) is 45.3 Å². The molecule has 1 rings (SSSR count). The van der Waals surface area contributed by atoms with E-state index in [1.807, 2.05) is 12.1 Å². The zero-order chi connectivity index (χ0) is 14.7. The van der Waals surface area contributed by atoms with E-state index >= 15 is 0 Å². The lowest BCUT2D eigenvalue weighted by Gasteiger charge is -2.36. The average molecular weight is 345 g/mol. The van der Waals surface area contributed by atoms with Crippen LogP contribution in [0.5, 0.6) is 5.75 Å². The fourth-order valence-electron chi connectivity index (χ4n) is 1.56. The lowest BCUT2D eigenvalue weighted by atomic mass is 10.1. The molecule has 0 aromatic heterocycles. The predicted octanol–water partition coefficient (Wildman–Crippen LogP) is 5.02. The molecule has 0 aliphatic rings. The second-order valence-corrected chi connectivity index (χ2v) is 12.0. The largest absolute Gasteiger partial charge is 0.496 e. The summed E-state index contributed by atoms with van der Waals surface area (Å²) < 4.78 is 12.6. The third kappa shape index (κ3) is 4.62. The van der Waals surface area contributed by atoms with Crippen LogP contribution in [0.4, 0.5) is 0 Å². The Balaban J connectivity index is 2.64. The monoisotopic (exact) mass is 344 g/mol. The predicted molar refractivity (Wildman–Crippen MR) is 87.5 cm³/mol. The standard InChI is InChI=1S/C15H25BrO2Si/c1-15(2,3)19(5,6)18-10-9-12-7-8-13(16)11-14(12)17-4/h7-8,11H,9-10H2,1-6H3. The molecule has 0 bridgehead atoms. The maximum atomic E-state index is 6.20. The first-order valence-corrected chi connectivity index (χ1v) is 10.3. The number of halogens is 1. The van der Waals surface area contributed by atoms with Gasteiger partial charge in [0, 0.05) is 11.1 Å². The highest BCUT2D eigenvalue weighted by Crippen LogP contribution is 2.36. The van der Waals surface area contributed by atoms with E-state index in [1.165, 1.54) is 5.56 Å². The second-order valence-electron chi connectivity index (χ2n) is 6.31. The van der Waals surface area contributed by atoms with Crippen LogP contribution in [0.3, 0.4) is 0 Å². The molecular formula is C15H25BrO2Si. The highest BCUT2D eigenvalue weighted by molar-refractivity contribution is 9.10. The Bertz CT molecular complexity index is 425. The third-order valence-electron chi connectivity index (χ3n) is 3.89. The van der Waals surface area contributed by atoms with Gasteiger partial charge in [-0.2, -0.15) is 0 Å². The van der Waals surface area contributed by atoms with Crippen LogP contribution < -0.4 is 4.74 Å². The number of ether oxygens (including phenoxy) is 1. The van der Waals surface area contributed by atoms with Crippen molar-refractivity contribution in [3.63, 3.8) is 0 Å². The summed E-state index contributed by atoms with van der Waals surface area (Å²) in [6.07, 6.45) is 0.892. The number of benzene rings is 1. The van der Waals surface area contributed by atoms with E-state index in [2.05, 4.69) is 55.9 Å². The minimum atomic E-state index is -1.65. The molecule has 0 spiro atoms. The van der Waals surface area contributed by atoms with Crippen LogP contribution >= 0.6 is 15.9 Å². The molecule has 108 valence electrons. The van der Waals surface area contributed by atoms with Crippen molar-refractivity contribution in [2.24, 2.45) is 0 Å². The summed E-state index contributed by atoms with van der Waals surface area (Å²) in [6, 6.07) is 6.14. The van der Waals surface area contributed by atoms with Gasteiger partial charge in [-0.15, -0.1) is 0 Å². The Kier molecular flexibility index (Phi) is 5.65. The molecule has 0 saturated carbocycles. The number of methoxy groups -OCH3 is 1. The van der Waals surface area contributed by atoms with Gasteiger partial charge >= 0.3 is 0 Å². The SMILES string of the molecule is COc1cc(Br)ccc1CCO[Si](C)(C)C(C)(C)C. The lowest BCUT2D eigenvalue weighted by Crippen LogP contribution is -2.41. The molecule has 4 heteroatoms. The molecule has 0 saturated heterocycles. The minimum Gasteiger partial charge on any atom is -0.496 e. The van der Waals surface area contributed by atoms with Gasteiger partial charge in [0.25, 0.3) is 0 Å². The summed E-state index contributed by atoms with van der Waals surface area (Å²) in [5, 5.41) is 0.261. The van der Waals surface area contributed by atoms with Gasteiger partial charge < -0.3 is 9.16 Å². The maximum Gasteiger partial charge on any atom is 0.191 e. The summed E-state index contributed by atoms with van der Waals surface area (Å²) in [6.45, 7) is 12.1. The Morgan fingerprint density at radius 1 is 1.21 bits per heavy atom. The molecule has 1 aromatic carbocycles. The van der Waals surface area contributed by atoms with Crippen LogP contribution in [0.15, 0.2) is 22.7 Å². The summed E-state index contributed by atoms with van der Waals surface area (Å²) in [5.74, 6) is 0.924. The van der Waals surface area contributed by atoms with Crippen molar-refractivity contribution in [3.05, 3.63) is 28.2 Å². The molecule has 0 heterocycles. The molecule has 0 fully saturated rings. The quantitative estimate of drug-likeness (QED) is 0.698. The van der Waals surface area contributed by atoms with Crippen LogP contribution in [0.25, 0.3) is 0 Å². The maximum absolute atomic E-state index is 6.20. The molecule has 1 aromatic rings. The zero-order valence-electron chi connectivity index (χ0n) is 12.8. The molecule has 0 atom stereocenters. The second kappa shape index (κ2) is 6.42. The average Bonchev–Trinajstić information content (AvgIpc) is 2.29. The van der Waals surface area contributed by atoms with Gasteiger partial charge in [-0.05, 0) is 42.2 Å². The summed E-state index contributed by atoms with van der Waals surface area (Å²) in [5.41, 5.74) is 1.20. The van der Waals surface area contributed by atoms with Gasteiger partial charge in [0.2, 0.25) is 0 Å². The smallest absolute Gasteiger partial charge is 0.191 e. The number of hydrogen-bond donors (Lipinski definition) is 0. The van der Waals surface area contributed by atoms with Crippen molar-refractivity contribution in [1.82, 2.24) is 0 Å². The molecule has 0 aliphatic carbocycles. The normalized spacial score (nSPS) is 12.6. The Morgan fingerprint density at radius 3 is 2.37 bits per heavy atom. The molecule has 0 aliphatic heterocycles. The van der Waals surface area contributed by atoms with E-state index in [4.69, 9.17) is 9.16 Å². The van der Waals surface area contributed by atoms with Crippen LogP contribution in [0.2, 0.25) is 18.1 Å². The van der Waals surface area contributed by atoms with Gasteiger partial charge in [0.15, 0.2) is 8.32 Å². The van der Waals surface area contributed by atoms with Gasteiger partial charge in [-0.3, -0.25) is 0 Å². The van der Waals surface area contributed by atoms with E-state index in [-0.39, 0.29) is 5.04 Å². The summed E-state index contributed by atoms with van der Waals surface area (Å²) >= 11 is 3.46. The number of rotatable bonds is 5. The molecule has 0 radical (unpaired) electrons. The molecule has 19 heavy (non-hydrogen) atoms. The zero-order valence-corrected chi connectivity index (χ0v) is 15.4. The van der Waals surface area contributed by atoms with E-state index in [9.17, 15) is 0 Å². The van der Waals surface area contributed by atoms with Crippen molar-refractivity contribution in [2.75, 3.05) is 13.7 Å². The minimum absolute atomic E-state index is 0.261. The third-order valence-corrected chi connectivity index (χ3v) is 8.92. The van der Waals surface area contributed by atoms with E-state index in [0.717, 1.165) is 23.2 Å². The van der Waals surface area contributed by atoms with Crippen LogP contribution in [-0.4, -0.2) is 22.0 Å². The van der Waals surface area contributed by atoms with E-state index < -0.39 is 8.32 Å². The van der Waals surface area contributed by atoms with E-state index in [1.54, 1.807) is 7.11 Å². The highest BCUT2D eigenvalue weighted by Gasteiger charge is 2.36. The number of hydrogen-bond acceptors (Lipinski definition) is 2. The molecule has 0 amide bonds. The molecular weight excluding hydrogens is 320 g/mol. The molecule has 2 nitrogen and oxygen atoms in total. The Labute approximate surface area is 126 Å². The molecule has 0 N–H and O–H groups in total. The first-order chi connectivity index (χ1) is 8.67. The van der Waals surface area contributed by atoms with Crippen molar-refractivity contribution in [1.29, 1.82) is 0 Å². The van der Waals surface area contributed by atoms with Gasteiger partial charge in [0.1, 0.15) is 5.75 Å². The highest BCUT2D eigenvalue weighted by atomic mass is 79.9. The Hall–Kier alpha value is -0.323. The first-order valence-electron chi connectivity index (χ1n) is 6.64. The Morgan fingerprint density at radius 2 is 1.84 bits per heavy atom. The first kappa shape index (κ1) is 16.7. The van der Waals surface area contributed by atoms with Crippen LogP contribution in [0.1, 0.15) is 26.3 Å². The van der Waals surface area contributed by atoms with Crippen LogP contribution in [0, 0.1) is 0 Å². The van der Waals surface area contributed by atoms with Gasteiger partial charge in [-0.1, -0.05) is 42.8 Å². The summed E-state index contributed by atoms with van der Waals surface area (Å²) in [7, 11) is 0.0610. The van der Waals surface area contributed by atoms with Crippen LogP contribution in [-0.2, 0) is 10.8 Å². The molecule has 0 unspecified atom stereocenters. The summed E-state index contributed by atoms with van der Waals surface area (Å²) in [4.78, 5) is 0. The van der Waals surface area contributed by atoms with Crippen molar-refractivity contribution < 1.29 is 9.16 Å². The fourth-order valence-corrected chi connectivity index (χ4v) is 2.94. The fraction of sp³-hybridized carbons (Fsp3) is 0.600. The van der Waals surface area contributed by atoms with Gasteiger partial charge in [-0.25, -0.2) is 0 Å². The van der Waals surface area contributed by atoms with E-state index in [0.29, 0.717) is 0 Å². The van der Waals surface area contributed by atoms with Gasteiger partial charge in [0.05, 0.1) is 7.11 Å². The topological polar surface area (TPSA) is 18.5 Å².